The number of aliphatic imine (C=N–C) groups is 1. The standard InChI is InChI=1S/C12H24F3N5O2S/c1-3-23(21,22)18-6-5-17-11(16-2)19-10-4-7-20(8-10)9-12(13,14)15/h10,18H,3-9H2,1-2H3,(H2,16,17,19). The number of hydrogen-bond donors (Lipinski definition) is 3. The van der Waals surface area contributed by atoms with Crippen LogP contribution in [-0.2, 0) is 10.0 Å². The second-order valence-electron chi connectivity index (χ2n) is 5.28. The maximum absolute atomic E-state index is 12.3. The summed E-state index contributed by atoms with van der Waals surface area (Å²) in [5, 5.41) is 5.97. The Morgan fingerprint density at radius 3 is 2.61 bits per heavy atom. The van der Waals surface area contributed by atoms with E-state index >= 15 is 0 Å². The molecule has 1 unspecified atom stereocenters. The molecular formula is C12H24F3N5O2S. The first-order valence-corrected chi connectivity index (χ1v) is 9.04. The van der Waals surface area contributed by atoms with Crippen molar-refractivity contribution in [3.05, 3.63) is 0 Å². The molecule has 0 aromatic rings. The maximum Gasteiger partial charge on any atom is 0.401 e. The molecule has 0 radical (unpaired) electrons. The third-order valence-corrected chi connectivity index (χ3v) is 4.76. The van der Waals surface area contributed by atoms with Crippen molar-refractivity contribution < 1.29 is 21.6 Å². The SMILES string of the molecule is CCS(=O)(=O)NCCNC(=NC)NC1CCN(CC(F)(F)F)C1. The molecule has 23 heavy (non-hydrogen) atoms. The van der Waals surface area contributed by atoms with Gasteiger partial charge in [-0.3, -0.25) is 9.89 Å². The molecule has 0 aromatic heterocycles. The van der Waals surface area contributed by atoms with Gasteiger partial charge in [-0.2, -0.15) is 13.2 Å². The number of alkyl halides is 3. The number of rotatable bonds is 7. The summed E-state index contributed by atoms with van der Waals surface area (Å²) in [5.41, 5.74) is 0. The zero-order valence-electron chi connectivity index (χ0n) is 13.3. The largest absolute Gasteiger partial charge is 0.401 e. The lowest BCUT2D eigenvalue weighted by molar-refractivity contribution is -0.143. The number of nitrogens with zero attached hydrogens (tertiary/aromatic N) is 2. The zero-order chi connectivity index (χ0) is 17.5. The molecule has 0 aliphatic carbocycles. The highest BCUT2D eigenvalue weighted by Crippen LogP contribution is 2.19. The van der Waals surface area contributed by atoms with E-state index in [1.54, 1.807) is 14.0 Å². The van der Waals surface area contributed by atoms with Crippen LogP contribution in [-0.4, -0.2) is 77.0 Å². The fraction of sp³-hybridized carbons (Fsp3) is 0.917. The molecule has 136 valence electrons. The van der Waals surface area contributed by atoms with Gasteiger partial charge >= 0.3 is 6.18 Å². The minimum Gasteiger partial charge on any atom is -0.355 e. The lowest BCUT2D eigenvalue weighted by Gasteiger charge is -2.19. The number of hydrogen-bond acceptors (Lipinski definition) is 4. The molecule has 1 saturated heterocycles. The van der Waals surface area contributed by atoms with E-state index in [1.165, 1.54) is 4.90 Å². The molecule has 1 heterocycles. The Morgan fingerprint density at radius 2 is 2.04 bits per heavy atom. The molecular weight excluding hydrogens is 335 g/mol. The molecule has 0 bridgehead atoms. The first kappa shape index (κ1) is 20.0. The van der Waals surface area contributed by atoms with Gasteiger partial charge in [0.25, 0.3) is 0 Å². The summed E-state index contributed by atoms with van der Waals surface area (Å²) >= 11 is 0. The van der Waals surface area contributed by atoms with Crippen LogP contribution in [0.1, 0.15) is 13.3 Å². The van der Waals surface area contributed by atoms with Crippen LogP contribution in [0.5, 0.6) is 0 Å². The minimum absolute atomic E-state index is 0.0110. The Balaban J connectivity index is 2.30. The van der Waals surface area contributed by atoms with Gasteiger partial charge in [-0.25, -0.2) is 13.1 Å². The smallest absolute Gasteiger partial charge is 0.355 e. The van der Waals surface area contributed by atoms with Gasteiger partial charge in [-0.05, 0) is 13.3 Å². The van der Waals surface area contributed by atoms with Gasteiger partial charge in [0.15, 0.2) is 5.96 Å². The van der Waals surface area contributed by atoms with E-state index in [9.17, 15) is 21.6 Å². The van der Waals surface area contributed by atoms with Crippen LogP contribution in [0.25, 0.3) is 0 Å². The summed E-state index contributed by atoms with van der Waals surface area (Å²) in [5.74, 6) is 0.455. The average molecular weight is 359 g/mol. The molecule has 11 heteroatoms. The number of halogens is 3. The van der Waals surface area contributed by atoms with E-state index in [0.717, 1.165) is 0 Å². The Morgan fingerprint density at radius 1 is 1.35 bits per heavy atom. The van der Waals surface area contributed by atoms with Crippen LogP contribution in [0.2, 0.25) is 0 Å². The third kappa shape index (κ3) is 8.37. The van der Waals surface area contributed by atoms with Gasteiger partial charge in [0, 0.05) is 39.3 Å². The summed E-state index contributed by atoms with van der Waals surface area (Å²) in [4.78, 5) is 5.33. The molecule has 7 nitrogen and oxygen atoms in total. The molecule has 1 atom stereocenters. The van der Waals surface area contributed by atoms with Crippen LogP contribution in [0.4, 0.5) is 13.2 Å². The van der Waals surface area contributed by atoms with E-state index in [4.69, 9.17) is 0 Å². The van der Waals surface area contributed by atoms with Crippen molar-refractivity contribution in [1.82, 2.24) is 20.3 Å². The van der Waals surface area contributed by atoms with Crippen molar-refractivity contribution in [2.45, 2.75) is 25.6 Å². The van der Waals surface area contributed by atoms with Crippen LogP contribution in [0.15, 0.2) is 4.99 Å². The number of nitrogens with one attached hydrogen (secondary N) is 3. The number of likely N-dealkylation sites (tertiary alicyclic amines) is 1. The first-order chi connectivity index (χ1) is 10.6. The quantitative estimate of drug-likeness (QED) is 0.331. The molecule has 0 saturated carbocycles. The van der Waals surface area contributed by atoms with E-state index in [0.29, 0.717) is 32.0 Å². The fourth-order valence-electron chi connectivity index (χ4n) is 2.23. The highest BCUT2D eigenvalue weighted by atomic mass is 32.2. The van der Waals surface area contributed by atoms with E-state index in [1.807, 2.05) is 0 Å². The van der Waals surface area contributed by atoms with Crippen LogP contribution >= 0.6 is 0 Å². The van der Waals surface area contributed by atoms with Gasteiger partial charge in [0.2, 0.25) is 10.0 Å². The second-order valence-corrected chi connectivity index (χ2v) is 7.37. The lowest BCUT2D eigenvalue weighted by atomic mass is 10.3. The van der Waals surface area contributed by atoms with E-state index < -0.39 is 22.7 Å². The van der Waals surface area contributed by atoms with Crippen molar-refractivity contribution in [2.75, 3.05) is 45.5 Å². The average Bonchev–Trinajstić information content (AvgIpc) is 2.87. The minimum atomic E-state index is -4.19. The van der Waals surface area contributed by atoms with E-state index in [2.05, 4.69) is 20.3 Å². The van der Waals surface area contributed by atoms with Gasteiger partial charge in [-0.1, -0.05) is 0 Å². The van der Waals surface area contributed by atoms with Crippen molar-refractivity contribution in [1.29, 1.82) is 0 Å². The summed E-state index contributed by atoms with van der Waals surface area (Å²) in [7, 11) is -1.69. The Labute approximate surface area is 134 Å². The second kappa shape index (κ2) is 8.69. The van der Waals surface area contributed by atoms with Crippen LogP contribution < -0.4 is 15.4 Å². The predicted molar refractivity (Wildman–Crippen MR) is 82.9 cm³/mol. The molecule has 0 amide bonds. The summed E-state index contributed by atoms with van der Waals surface area (Å²) in [6.07, 6.45) is -3.59. The van der Waals surface area contributed by atoms with Gasteiger partial charge in [0.05, 0.1) is 12.3 Å². The summed E-state index contributed by atoms with van der Waals surface area (Å²) in [6.45, 7) is 1.85. The third-order valence-electron chi connectivity index (χ3n) is 3.36. The van der Waals surface area contributed by atoms with Crippen molar-refractivity contribution in [3.8, 4) is 0 Å². The zero-order valence-corrected chi connectivity index (χ0v) is 14.1. The lowest BCUT2D eigenvalue weighted by Crippen LogP contribution is -2.47. The highest BCUT2D eigenvalue weighted by Gasteiger charge is 2.34. The maximum atomic E-state index is 12.3. The summed E-state index contributed by atoms with van der Waals surface area (Å²) < 4.78 is 61.9. The van der Waals surface area contributed by atoms with Crippen molar-refractivity contribution >= 4 is 16.0 Å². The van der Waals surface area contributed by atoms with Gasteiger partial charge < -0.3 is 10.6 Å². The van der Waals surface area contributed by atoms with E-state index in [-0.39, 0.29) is 18.3 Å². The topological polar surface area (TPSA) is 85.8 Å². The van der Waals surface area contributed by atoms with Gasteiger partial charge in [-0.15, -0.1) is 0 Å². The van der Waals surface area contributed by atoms with Crippen molar-refractivity contribution in [3.63, 3.8) is 0 Å². The molecule has 3 N–H and O–H groups in total. The Bertz CT molecular complexity index is 495. The number of guanidine groups is 1. The van der Waals surface area contributed by atoms with Gasteiger partial charge in [0.1, 0.15) is 0 Å². The normalized spacial score (nSPS) is 20.7. The fourth-order valence-corrected chi connectivity index (χ4v) is 2.84. The van der Waals surface area contributed by atoms with Crippen LogP contribution in [0.3, 0.4) is 0 Å². The molecule has 0 aromatic carbocycles. The molecule has 1 aliphatic rings. The summed E-state index contributed by atoms with van der Waals surface area (Å²) in [6, 6.07) is -0.115. The number of sulfonamides is 1. The van der Waals surface area contributed by atoms with Crippen molar-refractivity contribution in [2.24, 2.45) is 4.99 Å². The van der Waals surface area contributed by atoms with Crippen LogP contribution in [0, 0.1) is 0 Å². The monoisotopic (exact) mass is 359 g/mol. The Hall–Kier alpha value is -1.07. The Kier molecular flexibility index (Phi) is 7.55. The molecule has 1 rings (SSSR count). The predicted octanol–water partition coefficient (Wildman–Crippen LogP) is -0.273. The molecule has 1 fully saturated rings. The molecule has 1 aliphatic heterocycles. The first-order valence-electron chi connectivity index (χ1n) is 7.39. The molecule has 0 spiro atoms. The highest BCUT2D eigenvalue weighted by molar-refractivity contribution is 7.89.